The molecule has 1 aromatic carbocycles. The van der Waals surface area contributed by atoms with Crippen molar-refractivity contribution in [2.75, 3.05) is 14.2 Å². The minimum Gasteiger partial charge on any atom is -0.496 e. The fourth-order valence-corrected chi connectivity index (χ4v) is 4.16. The summed E-state index contributed by atoms with van der Waals surface area (Å²) >= 11 is 3.58. The average molecular weight is 356 g/mol. The fraction of sp³-hybridized carbons (Fsp3) is 0.647. The molecule has 2 atom stereocenters. The van der Waals surface area contributed by atoms with Crippen LogP contribution in [0.5, 0.6) is 5.75 Å². The van der Waals surface area contributed by atoms with E-state index in [1.807, 2.05) is 13.1 Å². The second-order valence-electron chi connectivity index (χ2n) is 6.94. The second kappa shape index (κ2) is 5.90. The molecule has 0 aromatic heterocycles. The summed E-state index contributed by atoms with van der Waals surface area (Å²) in [5.74, 6) is 1.27. The third kappa shape index (κ3) is 3.43. The van der Waals surface area contributed by atoms with Crippen LogP contribution < -0.4 is 10.1 Å². The fourth-order valence-electron chi connectivity index (χ4n) is 3.60. The molecule has 2 unspecified atom stereocenters. The number of rotatable bonds is 4. The molecule has 3 nitrogen and oxygen atoms in total. The summed E-state index contributed by atoms with van der Waals surface area (Å²) in [4.78, 5) is 0. The standard InChI is InChI=1S/C17H26BrNO2/c1-16(2)10-12(17(3,4)21-16)15(19-5)11-7-8-14(20-6)13(18)9-11/h7-9,12,15,19H,10H2,1-6H3. The molecule has 0 bridgehead atoms. The molecule has 1 heterocycles. The summed E-state index contributed by atoms with van der Waals surface area (Å²) < 4.78 is 12.6. The molecule has 118 valence electrons. The number of methoxy groups -OCH3 is 1. The molecule has 1 aliphatic heterocycles. The van der Waals surface area contributed by atoms with Gasteiger partial charge in [0, 0.05) is 12.0 Å². The van der Waals surface area contributed by atoms with Gasteiger partial charge in [-0.15, -0.1) is 0 Å². The molecule has 0 spiro atoms. The number of nitrogens with one attached hydrogen (secondary N) is 1. The van der Waals surface area contributed by atoms with Gasteiger partial charge in [-0.1, -0.05) is 6.07 Å². The second-order valence-corrected chi connectivity index (χ2v) is 7.79. The van der Waals surface area contributed by atoms with Crippen LogP contribution in [0.3, 0.4) is 0 Å². The molecule has 0 amide bonds. The van der Waals surface area contributed by atoms with E-state index in [9.17, 15) is 0 Å². The first-order valence-corrected chi connectivity index (χ1v) is 8.20. The minimum absolute atomic E-state index is 0.0764. The Labute approximate surface area is 136 Å². The number of benzene rings is 1. The molecular weight excluding hydrogens is 330 g/mol. The van der Waals surface area contributed by atoms with Gasteiger partial charge in [-0.05, 0) is 74.8 Å². The normalized spacial score (nSPS) is 24.8. The summed E-state index contributed by atoms with van der Waals surface area (Å²) in [5, 5.41) is 3.48. The van der Waals surface area contributed by atoms with E-state index in [0.29, 0.717) is 5.92 Å². The first kappa shape index (κ1) is 16.8. The van der Waals surface area contributed by atoms with Crippen LogP contribution in [0.1, 0.15) is 45.7 Å². The predicted octanol–water partition coefficient (Wildman–Crippen LogP) is 4.31. The average Bonchev–Trinajstić information content (AvgIpc) is 2.59. The van der Waals surface area contributed by atoms with Crippen molar-refractivity contribution in [3.8, 4) is 5.75 Å². The van der Waals surface area contributed by atoms with Gasteiger partial charge >= 0.3 is 0 Å². The van der Waals surface area contributed by atoms with Crippen LogP contribution in [0.15, 0.2) is 22.7 Å². The number of hydrogen-bond acceptors (Lipinski definition) is 3. The summed E-state index contributed by atoms with van der Waals surface area (Å²) in [6, 6.07) is 6.54. The van der Waals surface area contributed by atoms with E-state index >= 15 is 0 Å². The lowest BCUT2D eigenvalue weighted by molar-refractivity contribution is -0.0776. The van der Waals surface area contributed by atoms with Gasteiger partial charge in [0.15, 0.2) is 0 Å². The number of hydrogen-bond donors (Lipinski definition) is 1. The van der Waals surface area contributed by atoms with Gasteiger partial charge in [-0.2, -0.15) is 0 Å². The van der Waals surface area contributed by atoms with E-state index in [0.717, 1.165) is 16.6 Å². The zero-order chi connectivity index (χ0) is 15.8. The molecule has 1 fully saturated rings. The number of ether oxygens (including phenoxy) is 2. The predicted molar refractivity (Wildman–Crippen MR) is 89.8 cm³/mol. The van der Waals surface area contributed by atoms with Crippen LogP contribution in [-0.4, -0.2) is 25.4 Å². The smallest absolute Gasteiger partial charge is 0.133 e. The zero-order valence-electron chi connectivity index (χ0n) is 13.8. The SMILES string of the molecule is CNC(c1ccc(OC)c(Br)c1)C1CC(C)(C)OC1(C)C. The lowest BCUT2D eigenvalue weighted by Gasteiger charge is -2.33. The van der Waals surface area contributed by atoms with Gasteiger partial charge in [-0.3, -0.25) is 0 Å². The molecule has 0 aliphatic carbocycles. The zero-order valence-corrected chi connectivity index (χ0v) is 15.4. The Morgan fingerprint density at radius 2 is 2.00 bits per heavy atom. The molecule has 1 aliphatic rings. The maximum absolute atomic E-state index is 6.25. The van der Waals surface area contributed by atoms with Crippen LogP contribution in [0.2, 0.25) is 0 Å². The van der Waals surface area contributed by atoms with Gasteiger partial charge in [0.1, 0.15) is 5.75 Å². The molecule has 4 heteroatoms. The van der Waals surface area contributed by atoms with E-state index in [1.165, 1.54) is 5.56 Å². The molecule has 1 aromatic rings. The first-order chi connectivity index (χ1) is 9.70. The van der Waals surface area contributed by atoms with Crippen molar-refractivity contribution in [3.05, 3.63) is 28.2 Å². The Morgan fingerprint density at radius 1 is 1.33 bits per heavy atom. The highest BCUT2D eigenvalue weighted by Gasteiger charge is 2.49. The molecule has 0 saturated carbocycles. The van der Waals surface area contributed by atoms with Crippen molar-refractivity contribution in [3.63, 3.8) is 0 Å². The van der Waals surface area contributed by atoms with Gasteiger partial charge in [0.2, 0.25) is 0 Å². The van der Waals surface area contributed by atoms with E-state index in [1.54, 1.807) is 7.11 Å². The van der Waals surface area contributed by atoms with Crippen molar-refractivity contribution in [1.82, 2.24) is 5.32 Å². The van der Waals surface area contributed by atoms with Crippen molar-refractivity contribution in [2.45, 2.75) is 51.4 Å². The van der Waals surface area contributed by atoms with Gasteiger partial charge in [0.05, 0.1) is 22.8 Å². The molecule has 1 saturated heterocycles. The van der Waals surface area contributed by atoms with E-state index in [-0.39, 0.29) is 17.2 Å². The molecular formula is C17H26BrNO2. The van der Waals surface area contributed by atoms with E-state index in [4.69, 9.17) is 9.47 Å². The Hall–Kier alpha value is -0.580. The summed E-state index contributed by atoms with van der Waals surface area (Å²) in [6.07, 6.45) is 1.04. The van der Waals surface area contributed by atoms with Crippen LogP contribution in [0, 0.1) is 5.92 Å². The Kier molecular flexibility index (Phi) is 4.72. The van der Waals surface area contributed by atoms with Crippen molar-refractivity contribution >= 4 is 15.9 Å². The molecule has 0 radical (unpaired) electrons. The lowest BCUT2D eigenvalue weighted by atomic mass is 9.79. The third-order valence-electron chi connectivity index (χ3n) is 4.39. The molecule has 2 rings (SSSR count). The van der Waals surface area contributed by atoms with Crippen molar-refractivity contribution < 1.29 is 9.47 Å². The maximum Gasteiger partial charge on any atom is 0.133 e. The molecule has 21 heavy (non-hydrogen) atoms. The Morgan fingerprint density at radius 3 is 2.43 bits per heavy atom. The Balaban J connectivity index is 2.34. The van der Waals surface area contributed by atoms with Crippen LogP contribution >= 0.6 is 15.9 Å². The van der Waals surface area contributed by atoms with Crippen LogP contribution in [0.25, 0.3) is 0 Å². The van der Waals surface area contributed by atoms with Crippen LogP contribution in [0.4, 0.5) is 0 Å². The Bertz CT molecular complexity index is 514. The van der Waals surface area contributed by atoms with Gasteiger partial charge in [-0.25, -0.2) is 0 Å². The highest BCUT2D eigenvalue weighted by molar-refractivity contribution is 9.10. The third-order valence-corrected chi connectivity index (χ3v) is 5.01. The van der Waals surface area contributed by atoms with Crippen LogP contribution in [-0.2, 0) is 4.74 Å². The quantitative estimate of drug-likeness (QED) is 0.872. The van der Waals surface area contributed by atoms with E-state index < -0.39 is 0 Å². The topological polar surface area (TPSA) is 30.5 Å². The summed E-state index contributed by atoms with van der Waals surface area (Å²) in [6.45, 7) is 8.72. The van der Waals surface area contributed by atoms with E-state index in [2.05, 4.69) is 61.1 Å². The van der Waals surface area contributed by atoms with Crippen molar-refractivity contribution in [2.24, 2.45) is 5.92 Å². The highest BCUT2D eigenvalue weighted by Crippen LogP contribution is 2.48. The maximum atomic E-state index is 6.25. The summed E-state index contributed by atoms with van der Waals surface area (Å²) in [5.41, 5.74) is 1.03. The van der Waals surface area contributed by atoms with Crippen molar-refractivity contribution in [1.29, 1.82) is 0 Å². The summed E-state index contributed by atoms with van der Waals surface area (Å²) in [7, 11) is 3.70. The number of halogens is 1. The monoisotopic (exact) mass is 355 g/mol. The first-order valence-electron chi connectivity index (χ1n) is 7.41. The lowest BCUT2D eigenvalue weighted by Crippen LogP contribution is -2.37. The molecule has 1 N–H and O–H groups in total. The highest BCUT2D eigenvalue weighted by atomic mass is 79.9. The van der Waals surface area contributed by atoms with Gasteiger partial charge in [0.25, 0.3) is 0 Å². The minimum atomic E-state index is -0.149. The van der Waals surface area contributed by atoms with Gasteiger partial charge < -0.3 is 14.8 Å². The largest absolute Gasteiger partial charge is 0.496 e.